The molecule has 0 fully saturated rings. The van der Waals surface area contributed by atoms with Gasteiger partial charge >= 0.3 is 11.4 Å². The van der Waals surface area contributed by atoms with Crippen LogP contribution in [0.25, 0.3) is 0 Å². The maximum absolute atomic E-state index is 12.2. The largest absolute Gasteiger partial charge is 0.393 e. The van der Waals surface area contributed by atoms with Crippen LogP contribution in [0.2, 0.25) is 0 Å². The van der Waals surface area contributed by atoms with Crippen molar-refractivity contribution in [2.45, 2.75) is 24.7 Å². The van der Waals surface area contributed by atoms with E-state index in [9.17, 15) is 29.4 Å². The quantitative estimate of drug-likeness (QED) is 0.360. The van der Waals surface area contributed by atoms with Crippen LogP contribution in [0.15, 0.2) is 65.7 Å². The second-order valence-electron chi connectivity index (χ2n) is 6.76. The maximum Gasteiger partial charge on any atom is 0.330 e. The van der Waals surface area contributed by atoms with Crippen molar-refractivity contribution in [3.05, 3.63) is 88.2 Å². The lowest BCUT2D eigenvalue weighted by Crippen LogP contribution is -2.33. The van der Waals surface area contributed by atoms with Crippen molar-refractivity contribution >= 4 is 21.6 Å². The maximum atomic E-state index is 12.2. The highest BCUT2D eigenvalue weighted by atomic mass is 33.1. The molecule has 2 aromatic rings. The van der Waals surface area contributed by atoms with Gasteiger partial charge in [-0.1, -0.05) is 21.6 Å². The van der Waals surface area contributed by atoms with E-state index in [4.69, 9.17) is 9.47 Å². The van der Waals surface area contributed by atoms with Crippen molar-refractivity contribution in [1.82, 2.24) is 19.1 Å². The Morgan fingerprint density at radius 2 is 1.19 bits per heavy atom. The third-order valence-electron chi connectivity index (χ3n) is 4.60. The minimum absolute atomic E-state index is 0.308. The molecule has 14 heteroatoms. The van der Waals surface area contributed by atoms with Crippen LogP contribution in [-0.4, -0.2) is 54.7 Å². The van der Waals surface area contributed by atoms with Crippen molar-refractivity contribution in [2.24, 2.45) is 0 Å². The first-order valence-electron chi connectivity index (χ1n) is 9.33. The van der Waals surface area contributed by atoms with Crippen molar-refractivity contribution < 1.29 is 19.7 Å². The Hall–Kier alpha value is -2.62. The number of nitrogens with zero attached hydrogens (tertiary/aromatic N) is 2. The van der Waals surface area contributed by atoms with Gasteiger partial charge in [-0.2, -0.15) is 0 Å². The van der Waals surface area contributed by atoms with Gasteiger partial charge in [-0.05, 0) is 12.2 Å². The van der Waals surface area contributed by atoms with Crippen molar-refractivity contribution in [3.8, 4) is 0 Å². The van der Waals surface area contributed by atoms with E-state index in [-0.39, 0.29) is 13.2 Å². The predicted molar refractivity (Wildman–Crippen MR) is 116 cm³/mol. The Balaban J connectivity index is 1.59. The molecule has 0 unspecified atom stereocenters. The molecule has 12 nitrogen and oxygen atoms in total. The summed E-state index contributed by atoms with van der Waals surface area (Å²) >= 11 is 0. The number of ether oxygens (including phenoxy) is 2. The molecule has 0 aliphatic carbocycles. The van der Waals surface area contributed by atoms with E-state index in [1.165, 1.54) is 55.2 Å². The SMILES string of the molecule is O=c1ccn([C@@H]2O[C@H](CO)C=C2SSC2=C[C@@H](CO)O[C@H]2n2ccc(=O)[nH]c2=O)c(=O)[nH]1. The number of hydrogen-bond donors (Lipinski definition) is 4. The molecule has 2 aromatic heterocycles. The molecule has 0 saturated carbocycles. The molecular weight excluding hydrogens is 464 g/mol. The van der Waals surface area contributed by atoms with E-state index in [0.717, 1.165) is 0 Å². The third kappa shape index (κ3) is 4.60. The summed E-state index contributed by atoms with van der Waals surface area (Å²) in [5, 5.41) is 19.0. The fraction of sp³-hybridized carbons (Fsp3) is 0.333. The highest BCUT2D eigenvalue weighted by Crippen LogP contribution is 2.49. The zero-order valence-corrected chi connectivity index (χ0v) is 17.9. The van der Waals surface area contributed by atoms with E-state index >= 15 is 0 Å². The number of H-pyrrole nitrogens is 2. The van der Waals surface area contributed by atoms with Crippen molar-refractivity contribution in [3.63, 3.8) is 0 Å². The highest BCUT2D eigenvalue weighted by Gasteiger charge is 2.33. The molecule has 2 aliphatic heterocycles. The van der Waals surface area contributed by atoms with Crippen LogP contribution in [0.5, 0.6) is 0 Å². The van der Waals surface area contributed by atoms with Gasteiger partial charge in [0.15, 0.2) is 12.5 Å². The molecule has 4 rings (SSSR count). The molecule has 0 bridgehead atoms. The average molecular weight is 482 g/mol. The zero-order valence-electron chi connectivity index (χ0n) is 16.2. The van der Waals surface area contributed by atoms with E-state index in [1.54, 1.807) is 12.2 Å². The van der Waals surface area contributed by atoms with Gasteiger partial charge < -0.3 is 19.7 Å². The van der Waals surface area contributed by atoms with Crippen molar-refractivity contribution in [2.75, 3.05) is 13.2 Å². The Bertz CT molecular complexity index is 1190. The average Bonchev–Trinajstić information content (AvgIpc) is 3.36. The van der Waals surface area contributed by atoms with E-state index in [0.29, 0.717) is 9.81 Å². The Kier molecular flexibility index (Phi) is 6.68. The van der Waals surface area contributed by atoms with Gasteiger partial charge in [0, 0.05) is 34.3 Å². The van der Waals surface area contributed by atoms with E-state index < -0.39 is 47.2 Å². The first kappa shape index (κ1) is 22.6. The normalized spacial score (nSPS) is 25.1. The summed E-state index contributed by atoms with van der Waals surface area (Å²) in [6.45, 7) is -0.617. The van der Waals surface area contributed by atoms with Crippen LogP contribution in [0, 0.1) is 0 Å². The topological polar surface area (TPSA) is 169 Å². The summed E-state index contributed by atoms with van der Waals surface area (Å²) in [5.74, 6) is 0. The van der Waals surface area contributed by atoms with Crippen LogP contribution in [0.3, 0.4) is 0 Å². The Labute approximate surface area is 186 Å². The van der Waals surface area contributed by atoms with Gasteiger partial charge in [-0.15, -0.1) is 0 Å². The summed E-state index contributed by atoms with van der Waals surface area (Å²) in [7, 11) is 2.42. The summed E-state index contributed by atoms with van der Waals surface area (Å²) in [6.07, 6.45) is 2.85. The number of hydrogen-bond acceptors (Lipinski definition) is 10. The number of rotatable bonds is 7. The van der Waals surface area contributed by atoms with Gasteiger partial charge in [-0.3, -0.25) is 28.7 Å². The lowest BCUT2D eigenvalue weighted by atomic mass is 10.4. The summed E-state index contributed by atoms with van der Waals surface area (Å²) in [4.78, 5) is 52.6. The van der Waals surface area contributed by atoms with Crippen LogP contribution >= 0.6 is 21.6 Å². The molecule has 0 aromatic carbocycles. The summed E-state index contributed by atoms with van der Waals surface area (Å²) < 4.78 is 13.8. The molecule has 0 saturated heterocycles. The highest BCUT2D eigenvalue weighted by molar-refractivity contribution is 8.79. The number of nitrogens with one attached hydrogen (secondary N) is 2. The fourth-order valence-corrected chi connectivity index (χ4v) is 5.64. The van der Waals surface area contributed by atoms with Crippen LogP contribution in [0.1, 0.15) is 12.5 Å². The summed E-state index contributed by atoms with van der Waals surface area (Å²) in [5.41, 5.74) is -2.43. The second-order valence-corrected chi connectivity index (χ2v) is 9.03. The molecule has 0 radical (unpaired) electrons. The molecule has 170 valence electrons. The Morgan fingerprint density at radius 3 is 1.53 bits per heavy atom. The number of aliphatic hydroxyl groups is 2. The predicted octanol–water partition coefficient (Wildman–Crippen LogP) is -0.985. The van der Waals surface area contributed by atoms with Gasteiger partial charge in [0.1, 0.15) is 12.2 Å². The van der Waals surface area contributed by atoms with Gasteiger partial charge in [0.05, 0.1) is 13.2 Å². The number of aliphatic hydroxyl groups excluding tert-OH is 2. The van der Waals surface area contributed by atoms with E-state index in [2.05, 4.69) is 9.97 Å². The van der Waals surface area contributed by atoms with Crippen molar-refractivity contribution in [1.29, 1.82) is 0 Å². The van der Waals surface area contributed by atoms with Crippen LogP contribution in [0.4, 0.5) is 0 Å². The van der Waals surface area contributed by atoms with Gasteiger partial charge in [0.2, 0.25) is 0 Å². The van der Waals surface area contributed by atoms with Crippen LogP contribution in [-0.2, 0) is 9.47 Å². The lowest BCUT2D eigenvalue weighted by Gasteiger charge is -2.20. The lowest BCUT2D eigenvalue weighted by molar-refractivity contribution is -0.0118. The van der Waals surface area contributed by atoms with Crippen LogP contribution < -0.4 is 22.5 Å². The molecule has 32 heavy (non-hydrogen) atoms. The summed E-state index contributed by atoms with van der Waals surface area (Å²) in [6, 6.07) is 2.37. The van der Waals surface area contributed by atoms with Gasteiger partial charge in [-0.25, -0.2) is 9.59 Å². The molecule has 0 spiro atoms. The smallest absolute Gasteiger partial charge is 0.330 e. The fourth-order valence-electron chi connectivity index (χ4n) is 3.13. The number of aromatic nitrogens is 4. The monoisotopic (exact) mass is 482 g/mol. The zero-order chi connectivity index (χ0) is 22.8. The molecule has 4 heterocycles. The minimum atomic E-state index is -0.875. The molecule has 2 aliphatic rings. The first-order valence-corrected chi connectivity index (χ1v) is 11.5. The second kappa shape index (κ2) is 9.48. The standard InChI is InChI=1S/C18H18N4O8S2/c23-7-9-5-11(15(29-9)21-3-1-13(25)19-17(21)27)31-32-12-6-10(8-24)30-16(12)22-4-2-14(26)20-18(22)28/h1-6,9-10,15-16,23-24H,7-8H2,(H,19,25,27)(H,20,26,28)/t9-,10-,15+,16+/m0/s1. The minimum Gasteiger partial charge on any atom is -0.393 e. The molecular formula is C18H18N4O8S2. The number of aromatic amines is 2. The first-order chi connectivity index (χ1) is 15.4. The molecule has 4 atom stereocenters. The molecule has 4 N–H and O–H groups in total. The third-order valence-corrected chi connectivity index (χ3v) is 7.14. The molecule has 0 amide bonds. The Morgan fingerprint density at radius 1 is 0.781 bits per heavy atom. The van der Waals surface area contributed by atoms with E-state index in [1.807, 2.05) is 0 Å². The van der Waals surface area contributed by atoms with Gasteiger partial charge in [0.25, 0.3) is 11.1 Å².